The van der Waals surface area contributed by atoms with E-state index in [9.17, 15) is 9.59 Å². The number of imidazole rings is 1. The molecule has 3 amide bonds. The average molecular weight is 440 g/mol. The number of nitrogens with one attached hydrogen (secondary N) is 2. The molecule has 31 heavy (non-hydrogen) atoms. The summed E-state index contributed by atoms with van der Waals surface area (Å²) in [7, 11) is 0. The van der Waals surface area contributed by atoms with E-state index in [0.717, 1.165) is 42.5 Å². The molecule has 0 aliphatic carbocycles. The van der Waals surface area contributed by atoms with E-state index >= 15 is 0 Å². The highest BCUT2D eigenvalue weighted by molar-refractivity contribution is 6.33. The number of aryl methyl sites for hydroxylation is 1. The molecule has 2 aromatic carbocycles. The van der Waals surface area contributed by atoms with Gasteiger partial charge in [-0.3, -0.25) is 4.79 Å². The van der Waals surface area contributed by atoms with Gasteiger partial charge >= 0.3 is 6.03 Å². The molecule has 1 aliphatic heterocycles. The highest BCUT2D eigenvalue weighted by Crippen LogP contribution is 2.22. The SMILES string of the molecule is Cc1ccc(NC(=O)NCCn2cnc3cc(C(=O)N4CCCCC4)ccc32)c(Cl)c1. The van der Waals surface area contributed by atoms with E-state index in [1.807, 2.05) is 40.7 Å². The van der Waals surface area contributed by atoms with Gasteiger partial charge in [0.05, 0.1) is 28.1 Å². The molecule has 2 N–H and O–H groups in total. The van der Waals surface area contributed by atoms with Gasteiger partial charge in [-0.05, 0) is 62.1 Å². The molecular formula is C23H26ClN5O2. The molecule has 0 saturated carbocycles. The van der Waals surface area contributed by atoms with E-state index < -0.39 is 0 Å². The van der Waals surface area contributed by atoms with Gasteiger partial charge in [0.1, 0.15) is 0 Å². The van der Waals surface area contributed by atoms with Crippen molar-refractivity contribution < 1.29 is 9.59 Å². The lowest BCUT2D eigenvalue weighted by atomic mass is 10.1. The number of piperidine rings is 1. The molecular weight excluding hydrogens is 414 g/mol. The predicted molar refractivity (Wildman–Crippen MR) is 123 cm³/mol. The number of likely N-dealkylation sites (tertiary alicyclic amines) is 1. The van der Waals surface area contributed by atoms with E-state index in [1.165, 1.54) is 6.42 Å². The average Bonchev–Trinajstić information content (AvgIpc) is 3.18. The summed E-state index contributed by atoms with van der Waals surface area (Å²) in [5, 5.41) is 6.09. The Morgan fingerprint density at radius 2 is 1.90 bits per heavy atom. The van der Waals surface area contributed by atoms with Crippen molar-refractivity contribution in [1.82, 2.24) is 19.8 Å². The molecule has 1 aliphatic rings. The van der Waals surface area contributed by atoms with Gasteiger partial charge in [0.15, 0.2) is 0 Å². The number of halogens is 1. The van der Waals surface area contributed by atoms with E-state index in [2.05, 4.69) is 15.6 Å². The summed E-state index contributed by atoms with van der Waals surface area (Å²) >= 11 is 6.16. The van der Waals surface area contributed by atoms with Gasteiger partial charge < -0.3 is 20.1 Å². The van der Waals surface area contributed by atoms with Crippen LogP contribution in [0.4, 0.5) is 10.5 Å². The minimum atomic E-state index is -0.315. The van der Waals surface area contributed by atoms with Gasteiger partial charge in [0, 0.05) is 31.7 Å². The Labute approximate surface area is 186 Å². The van der Waals surface area contributed by atoms with Crippen LogP contribution in [0, 0.1) is 6.92 Å². The smallest absolute Gasteiger partial charge is 0.319 e. The highest BCUT2D eigenvalue weighted by Gasteiger charge is 2.19. The molecule has 0 bridgehead atoms. The lowest BCUT2D eigenvalue weighted by molar-refractivity contribution is 0.0724. The predicted octanol–water partition coefficient (Wildman–Crippen LogP) is 4.45. The molecule has 7 nitrogen and oxygen atoms in total. The normalized spacial score (nSPS) is 13.9. The molecule has 2 heterocycles. The number of rotatable bonds is 5. The van der Waals surface area contributed by atoms with Crippen molar-refractivity contribution in [1.29, 1.82) is 0 Å². The first-order valence-electron chi connectivity index (χ1n) is 10.6. The molecule has 4 rings (SSSR count). The highest BCUT2D eigenvalue weighted by atomic mass is 35.5. The zero-order chi connectivity index (χ0) is 21.8. The van der Waals surface area contributed by atoms with E-state index in [-0.39, 0.29) is 11.9 Å². The fraction of sp³-hybridized carbons (Fsp3) is 0.348. The molecule has 3 aromatic rings. The lowest BCUT2D eigenvalue weighted by Crippen LogP contribution is -2.35. The quantitative estimate of drug-likeness (QED) is 0.616. The van der Waals surface area contributed by atoms with Crippen LogP contribution in [-0.2, 0) is 6.54 Å². The number of fused-ring (bicyclic) bond motifs is 1. The van der Waals surface area contributed by atoms with Crippen molar-refractivity contribution in [2.45, 2.75) is 32.7 Å². The summed E-state index contributed by atoms with van der Waals surface area (Å²) in [4.78, 5) is 31.2. The fourth-order valence-electron chi connectivity index (χ4n) is 3.83. The lowest BCUT2D eigenvalue weighted by Gasteiger charge is -2.26. The molecule has 0 spiro atoms. The van der Waals surface area contributed by atoms with E-state index in [1.54, 1.807) is 18.5 Å². The van der Waals surface area contributed by atoms with Gasteiger partial charge in [-0.1, -0.05) is 17.7 Å². The topological polar surface area (TPSA) is 79.3 Å². The second kappa shape index (κ2) is 9.39. The second-order valence-corrected chi connectivity index (χ2v) is 8.27. The van der Waals surface area contributed by atoms with Crippen LogP contribution in [0.25, 0.3) is 11.0 Å². The van der Waals surface area contributed by atoms with Crippen LogP contribution >= 0.6 is 11.6 Å². The number of anilines is 1. The number of urea groups is 1. The molecule has 0 atom stereocenters. The van der Waals surface area contributed by atoms with Crippen molar-refractivity contribution >= 4 is 40.3 Å². The van der Waals surface area contributed by atoms with Crippen LogP contribution < -0.4 is 10.6 Å². The number of amides is 3. The number of benzene rings is 2. The van der Waals surface area contributed by atoms with Crippen LogP contribution in [0.2, 0.25) is 5.02 Å². The second-order valence-electron chi connectivity index (χ2n) is 7.86. The zero-order valence-electron chi connectivity index (χ0n) is 17.5. The first-order chi connectivity index (χ1) is 15.0. The number of hydrogen-bond acceptors (Lipinski definition) is 3. The molecule has 162 valence electrons. The van der Waals surface area contributed by atoms with Crippen LogP contribution in [0.1, 0.15) is 35.2 Å². The number of carbonyl (C=O) groups is 2. The Morgan fingerprint density at radius 1 is 1.10 bits per heavy atom. The van der Waals surface area contributed by atoms with Crippen LogP contribution in [0.3, 0.4) is 0 Å². The number of carbonyl (C=O) groups excluding carboxylic acids is 2. The molecule has 1 saturated heterocycles. The maximum atomic E-state index is 12.7. The minimum Gasteiger partial charge on any atom is -0.339 e. The number of nitrogens with zero attached hydrogens (tertiary/aromatic N) is 3. The Hall–Kier alpha value is -3.06. The van der Waals surface area contributed by atoms with E-state index in [0.29, 0.717) is 29.4 Å². The molecule has 8 heteroatoms. The first kappa shape index (κ1) is 21.2. The standard InChI is InChI=1S/C23H26ClN5O2/c1-16-5-7-19(18(24)13-16)27-23(31)25-9-12-29-15-26-20-14-17(6-8-21(20)29)22(30)28-10-3-2-4-11-28/h5-8,13-15H,2-4,9-12H2,1H3,(H2,25,27,31). The van der Waals surface area contributed by atoms with Gasteiger partial charge in [-0.15, -0.1) is 0 Å². The van der Waals surface area contributed by atoms with Gasteiger partial charge in [-0.25, -0.2) is 9.78 Å². The van der Waals surface area contributed by atoms with E-state index in [4.69, 9.17) is 11.6 Å². The molecule has 1 fully saturated rings. The summed E-state index contributed by atoms with van der Waals surface area (Å²) in [6, 6.07) is 10.8. The number of aromatic nitrogens is 2. The summed E-state index contributed by atoms with van der Waals surface area (Å²) in [5.41, 5.74) is 3.98. The minimum absolute atomic E-state index is 0.0734. The van der Waals surface area contributed by atoms with Crippen molar-refractivity contribution in [2.75, 3.05) is 25.0 Å². The third kappa shape index (κ3) is 4.99. The molecule has 0 radical (unpaired) electrons. The summed E-state index contributed by atoms with van der Waals surface area (Å²) < 4.78 is 1.96. The van der Waals surface area contributed by atoms with Crippen LogP contribution in [-0.4, -0.2) is 46.0 Å². The van der Waals surface area contributed by atoms with Gasteiger partial charge in [-0.2, -0.15) is 0 Å². The third-order valence-electron chi connectivity index (χ3n) is 5.52. The largest absolute Gasteiger partial charge is 0.339 e. The fourth-order valence-corrected chi connectivity index (χ4v) is 4.11. The number of hydrogen-bond donors (Lipinski definition) is 2. The third-order valence-corrected chi connectivity index (χ3v) is 5.84. The summed E-state index contributed by atoms with van der Waals surface area (Å²) in [6.07, 6.45) is 5.06. The molecule has 1 aromatic heterocycles. The monoisotopic (exact) mass is 439 g/mol. The summed E-state index contributed by atoms with van der Waals surface area (Å²) in [5.74, 6) is 0.0734. The Bertz CT molecular complexity index is 1100. The van der Waals surface area contributed by atoms with Crippen molar-refractivity contribution in [3.63, 3.8) is 0 Å². The van der Waals surface area contributed by atoms with Crippen molar-refractivity contribution in [3.8, 4) is 0 Å². The first-order valence-corrected chi connectivity index (χ1v) is 10.9. The maximum Gasteiger partial charge on any atom is 0.319 e. The van der Waals surface area contributed by atoms with Crippen LogP contribution in [0.15, 0.2) is 42.7 Å². The van der Waals surface area contributed by atoms with Crippen LogP contribution in [0.5, 0.6) is 0 Å². The van der Waals surface area contributed by atoms with Crippen molar-refractivity contribution in [2.24, 2.45) is 0 Å². The Kier molecular flexibility index (Phi) is 6.42. The zero-order valence-corrected chi connectivity index (χ0v) is 18.3. The molecule has 0 unspecified atom stereocenters. The van der Waals surface area contributed by atoms with Gasteiger partial charge in [0.2, 0.25) is 0 Å². The summed E-state index contributed by atoms with van der Waals surface area (Å²) in [6.45, 7) is 4.58. The Morgan fingerprint density at radius 3 is 2.68 bits per heavy atom. The van der Waals surface area contributed by atoms with Gasteiger partial charge in [0.25, 0.3) is 5.91 Å². The Balaban J connectivity index is 1.34. The maximum absolute atomic E-state index is 12.7. The van der Waals surface area contributed by atoms with Crippen molar-refractivity contribution in [3.05, 3.63) is 58.9 Å².